The van der Waals surface area contributed by atoms with Crippen molar-refractivity contribution in [3.63, 3.8) is 0 Å². The van der Waals surface area contributed by atoms with Gasteiger partial charge in [0, 0.05) is 26.7 Å². The average molecular weight is 258 g/mol. The Labute approximate surface area is 107 Å². The van der Waals surface area contributed by atoms with Crippen LogP contribution in [0.2, 0.25) is 0 Å². The second-order valence-electron chi connectivity index (χ2n) is 4.59. The summed E-state index contributed by atoms with van der Waals surface area (Å²) in [4.78, 5) is 25.9. The van der Waals surface area contributed by atoms with Crippen molar-refractivity contribution < 1.29 is 19.4 Å². The van der Waals surface area contributed by atoms with Gasteiger partial charge in [0.1, 0.15) is 6.61 Å². The topological polar surface area (TPSA) is 70.1 Å². The van der Waals surface area contributed by atoms with Gasteiger partial charge in [-0.05, 0) is 19.8 Å². The van der Waals surface area contributed by atoms with E-state index in [9.17, 15) is 9.59 Å². The minimum atomic E-state index is -0.933. The number of carbonyl (C=O) groups excluding carboxylic acids is 1. The van der Waals surface area contributed by atoms with E-state index >= 15 is 0 Å². The fraction of sp³-hybridized carbons (Fsp3) is 0.833. The average Bonchev–Trinajstić information content (AvgIpc) is 2.36. The highest BCUT2D eigenvalue weighted by molar-refractivity contribution is 5.77. The molecule has 1 aliphatic heterocycles. The van der Waals surface area contributed by atoms with E-state index in [0.717, 1.165) is 32.5 Å². The Morgan fingerprint density at radius 2 is 2.00 bits per heavy atom. The zero-order valence-corrected chi connectivity index (χ0v) is 11.1. The van der Waals surface area contributed by atoms with E-state index in [2.05, 4.69) is 4.90 Å². The van der Waals surface area contributed by atoms with Gasteiger partial charge in [0.15, 0.2) is 0 Å². The van der Waals surface area contributed by atoms with Crippen LogP contribution in [0.4, 0.5) is 0 Å². The number of piperidine rings is 1. The molecule has 0 aromatic rings. The molecule has 0 radical (unpaired) electrons. The molecular formula is C12H22N2O4. The Kier molecular flexibility index (Phi) is 6.07. The van der Waals surface area contributed by atoms with Crippen molar-refractivity contribution in [3.8, 4) is 0 Å². The molecule has 6 nitrogen and oxygen atoms in total. The van der Waals surface area contributed by atoms with Crippen LogP contribution in [0.1, 0.15) is 19.8 Å². The summed E-state index contributed by atoms with van der Waals surface area (Å²) in [5.74, 6) is -0.806. The number of likely N-dealkylation sites (N-methyl/N-ethyl adjacent to an activating group) is 1. The first-order chi connectivity index (χ1) is 8.52. The molecule has 0 atom stereocenters. The lowest BCUT2D eigenvalue weighted by Gasteiger charge is -2.32. The van der Waals surface area contributed by atoms with Crippen molar-refractivity contribution in [3.05, 3.63) is 0 Å². The normalized spacial score (nSPS) is 17.7. The first-order valence-corrected chi connectivity index (χ1v) is 6.32. The molecule has 1 aliphatic rings. The molecule has 1 N–H and O–H groups in total. The minimum absolute atomic E-state index is 0.0105. The number of carboxylic acids is 1. The molecule has 0 bridgehead atoms. The molecule has 104 valence electrons. The predicted molar refractivity (Wildman–Crippen MR) is 66.4 cm³/mol. The van der Waals surface area contributed by atoms with Crippen LogP contribution in [-0.2, 0) is 14.3 Å². The number of carbonyl (C=O) groups is 2. The summed E-state index contributed by atoms with van der Waals surface area (Å²) >= 11 is 0. The van der Waals surface area contributed by atoms with Crippen molar-refractivity contribution in [2.45, 2.75) is 25.9 Å². The number of hydrogen-bond acceptors (Lipinski definition) is 4. The van der Waals surface area contributed by atoms with Gasteiger partial charge in [-0.2, -0.15) is 0 Å². The number of ether oxygens (including phenoxy) is 1. The maximum atomic E-state index is 11.7. The Balaban J connectivity index is 2.23. The van der Waals surface area contributed by atoms with E-state index in [1.807, 2.05) is 6.92 Å². The van der Waals surface area contributed by atoms with E-state index in [1.165, 1.54) is 0 Å². The van der Waals surface area contributed by atoms with Crippen LogP contribution in [-0.4, -0.2) is 72.7 Å². The Bertz CT molecular complexity index is 288. The molecule has 1 fully saturated rings. The summed E-state index contributed by atoms with van der Waals surface area (Å²) in [6.07, 6.45) is 1.59. The van der Waals surface area contributed by atoms with E-state index in [-0.39, 0.29) is 18.6 Å². The second-order valence-corrected chi connectivity index (χ2v) is 4.59. The number of aliphatic carboxylic acids is 1. The molecule has 6 heteroatoms. The third kappa shape index (κ3) is 5.01. The molecule has 18 heavy (non-hydrogen) atoms. The lowest BCUT2D eigenvalue weighted by molar-refractivity contribution is -0.145. The van der Waals surface area contributed by atoms with Gasteiger partial charge in [-0.25, -0.2) is 4.79 Å². The molecule has 0 saturated carbocycles. The van der Waals surface area contributed by atoms with Crippen LogP contribution in [0, 0.1) is 0 Å². The van der Waals surface area contributed by atoms with Gasteiger partial charge in [0.25, 0.3) is 0 Å². The molecule has 0 aliphatic carbocycles. The van der Waals surface area contributed by atoms with Crippen LogP contribution in [0.15, 0.2) is 0 Å². The number of likely N-dealkylation sites (tertiary alicyclic amines) is 1. The first kappa shape index (κ1) is 14.9. The molecular weight excluding hydrogens is 236 g/mol. The second kappa shape index (κ2) is 7.33. The maximum absolute atomic E-state index is 11.7. The SMILES string of the molecule is CCN(C)C(=O)CN1CCC(OCC(=O)O)CC1. The van der Waals surface area contributed by atoms with Gasteiger partial charge < -0.3 is 14.7 Å². The van der Waals surface area contributed by atoms with Crippen LogP contribution < -0.4 is 0 Å². The van der Waals surface area contributed by atoms with Crippen molar-refractivity contribution in [2.24, 2.45) is 0 Å². The monoisotopic (exact) mass is 258 g/mol. The molecule has 0 aromatic heterocycles. The smallest absolute Gasteiger partial charge is 0.329 e. The van der Waals surface area contributed by atoms with Crippen LogP contribution in [0.25, 0.3) is 0 Å². The third-order valence-electron chi connectivity index (χ3n) is 3.24. The summed E-state index contributed by atoms with van der Waals surface area (Å²) in [7, 11) is 1.80. The standard InChI is InChI=1S/C12H22N2O4/c1-3-13(2)11(15)8-14-6-4-10(5-7-14)18-9-12(16)17/h10H,3-9H2,1-2H3,(H,16,17). The van der Waals surface area contributed by atoms with Gasteiger partial charge in [0.2, 0.25) is 5.91 Å². The first-order valence-electron chi connectivity index (χ1n) is 6.32. The summed E-state index contributed by atoms with van der Waals surface area (Å²) < 4.78 is 5.24. The minimum Gasteiger partial charge on any atom is -0.480 e. The number of amides is 1. The number of hydrogen-bond donors (Lipinski definition) is 1. The zero-order valence-electron chi connectivity index (χ0n) is 11.1. The zero-order chi connectivity index (χ0) is 13.5. The maximum Gasteiger partial charge on any atom is 0.329 e. The highest BCUT2D eigenvalue weighted by Gasteiger charge is 2.22. The summed E-state index contributed by atoms with van der Waals surface area (Å²) in [5, 5.41) is 8.52. The third-order valence-corrected chi connectivity index (χ3v) is 3.24. The molecule has 0 unspecified atom stereocenters. The number of rotatable bonds is 6. The molecule has 1 rings (SSSR count). The van der Waals surface area contributed by atoms with Crippen LogP contribution in [0.3, 0.4) is 0 Å². The fourth-order valence-electron chi connectivity index (χ4n) is 1.91. The largest absolute Gasteiger partial charge is 0.480 e. The fourth-order valence-corrected chi connectivity index (χ4v) is 1.91. The molecule has 0 spiro atoms. The van der Waals surface area contributed by atoms with Crippen LogP contribution in [0.5, 0.6) is 0 Å². The summed E-state index contributed by atoms with van der Waals surface area (Å²) in [5.41, 5.74) is 0. The molecule has 1 heterocycles. The van der Waals surface area contributed by atoms with Crippen molar-refractivity contribution in [2.75, 3.05) is 39.8 Å². The van der Waals surface area contributed by atoms with E-state index in [0.29, 0.717) is 6.54 Å². The molecule has 1 saturated heterocycles. The van der Waals surface area contributed by atoms with Crippen LogP contribution >= 0.6 is 0 Å². The highest BCUT2D eigenvalue weighted by atomic mass is 16.5. The Hall–Kier alpha value is -1.14. The van der Waals surface area contributed by atoms with Gasteiger partial charge >= 0.3 is 5.97 Å². The number of carboxylic acid groups (broad SMARTS) is 1. The lowest BCUT2D eigenvalue weighted by atomic mass is 10.1. The van der Waals surface area contributed by atoms with Gasteiger partial charge in [-0.3, -0.25) is 9.69 Å². The molecule has 0 aromatic carbocycles. The van der Waals surface area contributed by atoms with Gasteiger partial charge in [0.05, 0.1) is 12.6 Å². The van der Waals surface area contributed by atoms with E-state index in [1.54, 1.807) is 11.9 Å². The van der Waals surface area contributed by atoms with Gasteiger partial charge in [-0.15, -0.1) is 0 Å². The Morgan fingerprint density at radius 3 is 2.50 bits per heavy atom. The Morgan fingerprint density at radius 1 is 1.39 bits per heavy atom. The number of nitrogens with zero attached hydrogens (tertiary/aromatic N) is 2. The highest BCUT2D eigenvalue weighted by Crippen LogP contribution is 2.13. The predicted octanol–water partition coefficient (Wildman–Crippen LogP) is 0.0303. The van der Waals surface area contributed by atoms with Gasteiger partial charge in [-0.1, -0.05) is 0 Å². The van der Waals surface area contributed by atoms with E-state index in [4.69, 9.17) is 9.84 Å². The molecule has 1 amide bonds. The van der Waals surface area contributed by atoms with Crippen molar-refractivity contribution in [1.82, 2.24) is 9.80 Å². The summed E-state index contributed by atoms with van der Waals surface area (Å²) in [6, 6.07) is 0. The summed E-state index contributed by atoms with van der Waals surface area (Å²) in [6.45, 7) is 4.44. The van der Waals surface area contributed by atoms with Crippen molar-refractivity contribution >= 4 is 11.9 Å². The van der Waals surface area contributed by atoms with E-state index < -0.39 is 5.97 Å². The quantitative estimate of drug-likeness (QED) is 0.728. The lowest BCUT2D eigenvalue weighted by Crippen LogP contribution is -2.43. The van der Waals surface area contributed by atoms with Crippen molar-refractivity contribution in [1.29, 1.82) is 0 Å².